The van der Waals surface area contributed by atoms with Crippen LogP contribution in [0.4, 0.5) is 0 Å². The molecule has 1 aromatic rings. The molecule has 0 saturated carbocycles. The molecule has 0 aliphatic rings. The van der Waals surface area contributed by atoms with Gasteiger partial charge in [-0.25, -0.2) is 0 Å². The van der Waals surface area contributed by atoms with Crippen molar-refractivity contribution in [1.82, 2.24) is 0 Å². The van der Waals surface area contributed by atoms with Gasteiger partial charge in [0.15, 0.2) is 0 Å². The molecule has 0 amide bonds. The quantitative estimate of drug-likeness (QED) is 0.692. The first-order valence-electron chi connectivity index (χ1n) is 4.31. The third-order valence-electron chi connectivity index (χ3n) is 1.49. The van der Waals surface area contributed by atoms with Gasteiger partial charge < -0.3 is 10.1 Å². The molecule has 1 rings (SSSR count). The van der Waals surface area contributed by atoms with Crippen LogP contribution in [0.1, 0.15) is 26.3 Å². The summed E-state index contributed by atoms with van der Waals surface area (Å²) in [5.41, 5.74) is 0.608. The number of hydrogen-bond acceptors (Lipinski definition) is 2. The van der Waals surface area contributed by atoms with E-state index in [2.05, 4.69) is 0 Å². The smallest absolute Gasteiger partial charge is 0.128 e. The SMILES string of the molecule is CC(C)(C)Oc1ccccc1C=N. The monoisotopic (exact) mass is 177 g/mol. The van der Waals surface area contributed by atoms with Gasteiger partial charge >= 0.3 is 0 Å². The minimum Gasteiger partial charge on any atom is -0.487 e. The summed E-state index contributed by atoms with van der Waals surface area (Å²) in [6.45, 7) is 5.98. The normalized spacial score (nSPS) is 11.0. The van der Waals surface area contributed by atoms with Crippen LogP contribution >= 0.6 is 0 Å². The average molecular weight is 177 g/mol. The van der Waals surface area contributed by atoms with Crippen LogP contribution in [0, 0.1) is 5.41 Å². The molecule has 0 unspecified atom stereocenters. The molecule has 13 heavy (non-hydrogen) atoms. The van der Waals surface area contributed by atoms with Crippen LogP contribution in [0.15, 0.2) is 24.3 Å². The summed E-state index contributed by atoms with van der Waals surface area (Å²) in [5, 5.41) is 7.19. The summed E-state index contributed by atoms with van der Waals surface area (Å²) >= 11 is 0. The summed E-state index contributed by atoms with van der Waals surface area (Å²) in [6.07, 6.45) is 1.31. The van der Waals surface area contributed by atoms with E-state index in [9.17, 15) is 0 Å². The minimum absolute atomic E-state index is 0.209. The van der Waals surface area contributed by atoms with E-state index < -0.39 is 0 Å². The molecular formula is C11H15NO. The molecule has 2 nitrogen and oxygen atoms in total. The van der Waals surface area contributed by atoms with E-state index in [1.807, 2.05) is 45.0 Å². The van der Waals surface area contributed by atoms with Gasteiger partial charge in [-0.3, -0.25) is 0 Å². The molecule has 0 fully saturated rings. The highest BCUT2D eigenvalue weighted by Gasteiger charge is 2.12. The van der Waals surface area contributed by atoms with Crippen molar-refractivity contribution >= 4 is 6.21 Å². The van der Waals surface area contributed by atoms with E-state index in [-0.39, 0.29) is 5.60 Å². The third-order valence-corrected chi connectivity index (χ3v) is 1.49. The summed E-state index contributed by atoms with van der Waals surface area (Å²) in [4.78, 5) is 0. The van der Waals surface area contributed by atoms with Crippen molar-refractivity contribution < 1.29 is 4.74 Å². The van der Waals surface area contributed by atoms with Crippen molar-refractivity contribution in [3.63, 3.8) is 0 Å². The van der Waals surface area contributed by atoms with Gasteiger partial charge in [0, 0.05) is 11.8 Å². The zero-order valence-corrected chi connectivity index (χ0v) is 8.29. The zero-order chi connectivity index (χ0) is 9.90. The maximum absolute atomic E-state index is 7.19. The number of benzene rings is 1. The summed E-state index contributed by atoms with van der Waals surface area (Å²) in [6, 6.07) is 7.56. The Balaban J connectivity index is 2.94. The van der Waals surface area contributed by atoms with E-state index in [4.69, 9.17) is 10.1 Å². The Morgan fingerprint density at radius 3 is 2.38 bits per heavy atom. The molecule has 0 aliphatic heterocycles. The van der Waals surface area contributed by atoms with Gasteiger partial charge in [-0.05, 0) is 32.9 Å². The first kappa shape index (κ1) is 9.78. The lowest BCUT2D eigenvalue weighted by atomic mass is 10.1. The second-order valence-corrected chi connectivity index (χ2v) is 3.90. The van der Waals surface area contributed by atoms with Crippen molar-refractivity contribution in [3.8, 4) is 5.75 Å². The molecule has 2 heteroatoms. The molecule has 0 spiro atoms. The number of nitrogens with one attached hydrogen (secondary N) is 1. The Bertz CT molecular complexity index is 299. The number of hydrogen-bond donors (Lipinski definition) is 1. The van der Waals surface area contributed by atoms with Crippen LogP contribution in [0.2, 0.25) is 0 Å². The fraction of sp³-hybridized carbons (Fsp3) is 0.364. The molecule has 0 radical (unpaired) electrons. The fourth-order valence-corrected chi connectivity index (χ4v) is 1.02. The van der Waals surface area contributed by atoms with Crippen molar-refractivity contribution in [2.45, 2.75) is 26.4 Å². The minimum atomic E-state index is -0.209. The van der Waals surface area contributed by atoms with Crippen LogP contribution in [0.5, 0.6) is 5.75 Å². The van der Waals surface area contributed by atoms with E-state index in [0.717, 1.165) is 11.3 Å². The largest absolute Gasteiger partial charge is 0.487 e. The summed E-state index contributed by atoms with van der Waals surface area (Å²) < 4.78 is 5.67. The molecule has 70 valence electrons. The maximum Gasteiger partial charge on any atom is 0.128 e. The lowest BCUT2D eigenvalue weighted by Gasteiger charge is -2.22. The second-order valence-electron chi connectivity index (χ2n) is 3.90. The van der Waals surface area contributed by atoms with Gasteiger partial charge in [-0.2, -0.15) is 0 Å². The molecule has 0 aromatic heterocycles. The van der Waals surface area contributed by atoms with Gasteiger partial charge in [-0.1, -0.05) is 12.1 Å². The van der Waals surface area contributed by atoms with Gasteiger partial charge in [-0.15, -0.1) is 0 Å². The molecule has 1 aromatic carbocycles. The van der Waals surface area contributed by atoms with Crippen molar-refractivity contribution in [2.75, 3.05) is 0 Å². The number of rotatable bonds is 2. The molecule has 0 saturated heterocycles. The lowest BCUT2D eigenvalue weighted by Crippen LogP contribution is -2.23. The average Bonchev–Trinajstić information content (AvgIpc) is 2.02. The van der Waals surface area contributed by atoms with Crippen LogP contribution in [0.25, 0.3) is 0 Å². The van der Waals surface area contributed by atoms with Crippen LogP contribution < -0.4 is 4.74 Å². The first-order chi connectivity index (χ1) is 6.03. The molecule has 0 atom stereocenters. The van der Waals surface area contributed by atoms with E-state index in [0.29, 0.717) is 0 Å². The molecule has 1 N–H and O–H groups in total. The first-order valence-corrected chi connectivity index (χ1v) is 4.31. The van der Waals surface area contributed by atoms with Crippen LogP contribution in [-0.2, 0) is 0 Å². The van der Waals surface area contributed by atoms with E-state index >= 15 is 0 Å². The Morgan fingerprint density at radius 2 is 1.85 bits per heavy atom. The van der Waals surface area contributed by atoms with Crippen LogP contribution in [-0.4, -0.2) is 11.8 Å². The summed E-state index contributed by atoms with van der Waals surface area (Å²) in [7, 11) is 0. The molecule has 0 heterocycles. The standard InChI is InChI=1S/C11H15NO/c1-11(2,3)13-10-7-5-4-6-9(10)8-12/h4-8,12H,1-3H3. The number of ether oxygens (including phenoxy) is 1. The highest BCUT2D eigenvalue weighted by Crippen LogP contribution is 2.21. The molecule has 0 bridgehead atoms. The van der Waals surface area contributed by atoms with Gasteiger partial charge in [0.25, 0.3) is 0 Å². The van der Waals surface area contributed by atoms with Crippen molar-refractivity contribution in [3.05, 3.63) is 29.8 Å². The van der Waals surface area contributed by atoms with E-state index in [1.54, 1.807) is 0 Å². The Labute approximate surface area is 79.1 Å². The molecular weight excluding hydrogens is 162 g/mol. The molecule has 0 aliphatic carbocycles. The topological polar surface area (TPSA) is 33.1 Å². The Hall–Kier alpha value is -1.31. The highest BCUT2D eigenvalue weighted by atomic mass is 16.5. The second kappa shape index (κ2) is 3.60. The zero-order valence-electron chi connectivity index (χ0n) is 8.29. The number of para-hydroxylation sites is 1. The van der Waals surface area contributed by atoms with Crippen LogP contribution in [0.3, 0.4) is 0 Å². The van der Waals surface area contributed by atoms with Gasteiger partial charge in [0.2, 0.25) is 0 Å². The van der Waals surface area contributed by atoms with Crippen molar-refractivity contribution in [2.24, 2.45) is 0 Å². The predicted molar refractivity (Wildman–Crippen MR) is 54.7 cm³/mol. The summed E-state index contributed by atoms with van der Waals surface area (Å²) in [5.74, 6) is 0.769. The maximum atomic E-state index is 7.19. The predicted octanol–water partition coefficient (Wildman–Crippen LogP) is 2.86. The lowest BCUT2D eigenvalue weighted by molar-refractivity contribution is 0.130. The van der Waals surface area contributed by atoms with Gasteiger partial charge in [0.1, 0.15) is 11.4 Å². The van der Waals surface area contributed by atoms with Gasteiger partial charge in [0.05, 0.1) is 0 Å². The van der Waals surface area contributed by atoms with Crippen molar-refractivity contribution in [1.29, 1.82) is 5.41 Å². The Morgan fingerprint density at radius 1 is 1.23 bits per heavy atom. The highest BCUT2D eigenvalue weighted by molar-refractivity contribution is 5.81. The fourth-order valence-electron chi connectivity index (χ4n) is 1.02. The third kappa shape index (κ3) is 2.90. The van der Waals surface area contributed by atoms with E-state index in [1.165, 1.54) is 6.21 Å². The Kier molecular flexibility index (Phi) is 2.71.